The first kappa shape index (κ1) is 14.7. The average Bonchev–Trinajstić information content (AvgIpc) is 2.38. The van der Waals surface area contributed by atoms with Crippen LogP contribution in [-0.2, 0) is 9.59 Å². The van der Waals surface area contributed by atoms with Gasteiger partial charge in [0.1, 0.15) is 6.04 Å². The van der Waals surface area contributed by atoms with Crippen molar-refractivity contribution in [2.45, 2.75) is 45.6 Å². The maximum atomic E-state index is 12.0. The number of carboxylic acids is 1. The molecule has 5 nitrogen and oxygen atoms in total. The molecule has 102 valence electrons. The van der Waals surface area contributed by atoms with Crippen LogP contribution in [-0.4, -0.2) is 41.0 Å². The highest BCUT2D eigenvalue weighted by atomic mass is 16.4. The van der Waals surface area contributed by atoms with Gasteiger partial charge in [0.15, 0.2) is 0 Å². The van der Waals surface area contributed by atoms with Crippen molar-refractivity contribution in [1.29, 1.82) is 0 Å². The second kappa shape index (κ2) is 7.16. The van der Waals surface area contributed by atoms with Gasteiger partial charge in [0, 0.05) is 12.2 Å². The maximum Gasteiger partial charge on any atom is 0.320 e. The molecule has 0 fully saturated rings. The zero-order valence-electron chi connectivity index (χ0n) is 11.1. The summed E-state index contributed by atoms with van der Waals surface area (Å²) in [6.45, 7) is 4.17. The van der Waals surface area contributed by atoms with Crippen LogP contribution in [0.15, 0.2) is 11.8 Å². The van der Waals surface area contributed by atoms with E-state index in [-0.39, 0.29) is 12.5 Å². The van der Waals surface area contributed by atoms with Gasteiger partial charge in [-0.15, -0.1) is 0 Å². The van der Waals surface area contributed by atoms with Crippen LogP contribution >= 0.6 is 0 Å². The highest BCUT2D eigenvalue weighted by Gasteiger charge is 2.19. The molecule has 1 rings (SSSR count). The van der Waals surface area contributed by atoms with Gasteiger partial charge in [-0.3, -0.25) is 14.9 Å². The smallest absolute Gasteiger partial charge is 0.320 e. The first-order valence-corrected chi connectivity index (χ1v) is 6.51. The first-order valence-electron chi connectivity index (χ1n) is 6.51. The number of allylic oxidation sites excluding steroid dienone is 2. The Balaban J connectivity index is 2.52. The molecule has 0 aromatic heterocycles. The van der Waals surface area contributed by atoms with E-state index in [1.54, 1.807) is 4.90 Å². The number of aliphatic carboxylic acids is 1. The van der Waals surface area contributed by atoms with Gasteiger partial charge in [-0.05, 0) is 39.5 Å². The molecule has 1 amide bonds. The molecule has 5 heteroatoms. The lowest BCUT2D eigenvalue weighted by Crippen LogP contribution is -2.43. The number of rotatable bonds is 6. The Hall–Kier alpha value is -1.36. The van der Waals surface area contributed by atoms with Crippen molar-refractivity contribution in [3.63, 3.8) is 0 Å². The van der Waals surface area contributed by atoms with E-state index in [4.69, 9.17) is 5.11 Å². The molecule has 0 saturated heterocycles. The predicted octanol–water partition coefficient (Wildman–Crippen LogP) is 1.36. The summed E-state index contributed by atoms with van der Waals surface area (Å²) < 4.78 is 0. The van der Waals surface area contributed by atoms with Crippen LogP contribution in [0.4, 0.5) is 0 Å². The molecule has 0 bridgehead atoms. The molecular weight excluding hydrogens is 232 g/mol. The van der Waals surface area contributed by atoms with Crippen LogP contribution in [0.5, 0.6) is 0 Å². The maximum absolute atomic E-state index is 12.0. The van der Waals surface area contributed by atoms with Crippen molar-refractivity contribution in [2.75, 3.05) is 13.1 Å². The van der Waals surface area contributed by atoms with Gasteiger partial charge < -0.3 is 10.0 Å². The van der Waals surface area contributed by atoms with Crippen molar-refractivity contribution in [3.8, 4) is 0 Å². The minimum Gasteiger partial charge on any atom is -0.480 e. The molecule has 0 aromatic rings. The van der Waals surface area contributed by atoms with E-state index in [2.05, 4.69) is 11.4 Å². The third-order valence-electron chi connectivity index (χ3n) is 3.16. The summed E-state index contributed by atoms with van der Waals surface area (Å²) in [6, 6.07) is -0.701. The third-order valence-corrected chi connectivity index (χ3v) is 3.16. The molecule has 1 aliphatic carbocycles. The van der Waals surface area contributed by atoms with Gasteiger partial charge in [-0.25, -0.2) is 0 Å². The van der Waals surface area contributed by atoms with Crippen LogP contribution in [0.3, 0.4) is 0 Å². The van der Waals surface area contributed by atoms with E-state index in [0.717, 1.165) is 25.0 Å². The third kappa shape index (κ3) is 4.14. The minimum atomic E-state index is -0.942. The number of hydrogen-bond donors (Lipinski definition) is 2. The quantitative estimate of drug-likeness (QED) is 0.751. The minimum absolute atomic E-state index is 0.0567. The number of likely N-dealkylation sites (N-methyl/N-ethyl adjacent to an activating group) is 1. The van der Waals surface area contributed by atoms with Crippen LogP contribution in [0, 0.1) is 0 Å². The van der Waals surface area contributed by atoms with Crippen molar-refractivity contribution < 1.29 is 14.7 Å². The van der Waals surface area contributed by atoms with E-state index >= 15 is 0 Å². The molecule has 18 heavy (non-hydrogen) atoms. The normalized spacial score (nSPS) is 16.9. The summed E-state index contributed by atoms with van der Waals surface area (Å²) in [5.41, 5.74) is 1.08. The van der Waals surface area contributed by atoms with E-state index in [9.17, 15) is 9.59 Å². The Morgan fingerprint density at radius 2 is 2.22 bits per heavy atom. The lowest BCUT2D eigenvalue weighted by Gasteiger charge is -2.27. The lowest BCUT2D eigenvalue weighted by molar-refractivity contribution is -0.139. The number of carboxylic acid groups (broad SMARTS) is 1. The van der Waals surface area contributed by atoms with Gasteiger partial charge in [0.05, 0.1) is 6.54 Å². The number of nitrogens with one attached hydrogen (secondary N) is 1. The van der Waals surface area contributed by atoms with E-state index < -0.39 is 12.0 Å². The lowest BCUT2D eigenvalue weighted by atomic mass is 10.0. The van der Waals surface area contributed by atoms with Crippen LogP contribution in [0.1, 0.15) is 39.5 Å². The molecule has 1 aliphatic rings. The summed E-state index contributed by atoms with van der Waals surface area (Å²) in [4.78, 5) is 24.4. The summed E-state index contributed by atoms with van der Waals surface area (Å²) in [7, 11) is 0. The predicted molar refractivity (Wildman–Crippen MR) is 69.0 cm³/mol. The average molecular weight is 254 g/mol. The Morgan fingerprint density at radius 1 is 1.50 bits per heavy atom. The Morgan fingerprint density at radius 3 is 2.72 bits per heavy atom. The highest BCUT2D eigenvalue weighted by molar-refractivity contribution is 5.81. The molecule has 0 heterocycles. The Labute approximate surface area is 108 Å². The highest BCUT2D eigenvalue weighted by Crippen LogP contribution is 2.20. The van der Waals surface area contributed by atoms with Gasteiger partial charge in [-0.1, -0.05) is 6.08 Å². The fourth-order valence-corrected chi connectivity index (χ4v) is 2.03. The number of hydrogen-bond acceptors (Lipinski definition) is 3. The molecule has 0 radical (unpaired) electrons. The molecular formula is C13H22N2O3. The van der Waals surface area contributed by atoms with Gasteiger partial charge in [-0.2, -0.15) is 0 Å². The topological polar surface area (TPSA) is 69.6 Å². The van der Waals surface area contributed by atoms with Crippen LogP contribution in [0.2, 0.25) is 0 Å². The van der Waals surface area contributed by atoms with Crippen LogP contribution in [0.25, 0.3) is 0 Å². The van der Waals surface area contributed by atoms with Gasteiger partial charge >= 0.3 is 5.97 Å². The molecule has 0 aromatic carbocycles. The second-order valence-corrected chi connectivity index (χ2v) is 4.52. The van der Waals surface area contributed by atoms with E-state index in [0.29, 0.717) is 6.54 Å². The molecule has 1 atom stereocenters. The molecule has 1 unspecified atom stereocenters. The SMILES string of the molecule is CCN(C(=O)CNC(C)C(=O)O)C1=CCCCC1. The van der Waals surface area contributed by atoms with Crippen molar-refractivity contribution in [1.82, 2.24) is 10.2 Å². The number of carbonyl (C=O) groups is 2. The van der Waals surface area contributed by atoms with E-state index in [1.807, 2.05) is 6.92 Å². The summed E-state index contributed by atoms with van der Waals surface area (Å²) in [5.74, 6) is -0.999. The second-order valence-electron chi connectivity index (χ2n) is 4.52. The summed E-state index contributed by atoms with van der Waals surface area (Å²) in [5, 5.41) is 11.5. The van der Waals surface area contributed by atoms with Gasteiger partial charge in [0.2, 0.25) is 5.91 Å². The summed E-state index contributed by atoms with van der Waals surface area (Å²) >= 11 is 0. The zero-order valence-corrected chi connectivity index (χ0v) is 11.1. The largest absolute Gasteiger partial charge is 0.480 e. The van der Waals surface area contributed by atoms with Crippen molar-refractivity contribution >= 4 is 11.9 Å². The Bertz CT molecular complexity index is 339. The monoisotopic (exact) mass is 254 g/mol. The van der Waals surface area contributed by atoms with E-state index in [1.165, 1.54) is 13.3 Å². The molecule has 0 spiro atoms. The standard InChI is InChI=1S/C13H22N2O3/c1-3-15(11-7-5-4-6-8-11)12(16)9-14-10(2)13(17)18/h7,10,14H,3-6,8-9H2,1-2H3,(H,17,18). The fraction of sp³-hybridized carbons (Fsp3) is 0.692. The molecule has 2 N–H and O–H groups in total. The Kier molecular flexibility index (Phi) is 5.85. The van der Waals surface area contributed by atoms with Crippen molar-refractivity contribution in [2.24, 2.45) is 0 Å². The summed E-state index contributed by atoms with van der Waals surface area (Å²) in [6.07, 6.45) is 6.38. The van der Waals surface area contributed by atoms with Crippen molar-refractivity contribution in [3.05, 3.63) is 11.8 Å². The fourth-order valence-electron chi connectivity index (χ4n) is 2.03. The van der Waals surface area contributed by atoms with Gasteiger partial charge in [0.25, 0.3) is 0 Å². The molecule has 0 aliphatic heterocycles. The number of nitrogens with zero attached hydrogens (tertiary/aromatic N) is 1. The number of carbonyl (C=O) groups excluding carboxylic acids is 1. The first-order chi connectivity index (χ1) is 8.56. The van der Waals surface area contributed by atoms with Crippen LogP contribution < -0.4 is 5.32 Å². The number of amides is 1. The molecule has 0 saturated carbocycles. The zero-order chi connectivity index (χ0) is 13.5.